The lowest BCUT2D eigenvalue weighted by molar-refractivity contribution is 0.0617. The summed E-state index contributed by atoms with van der Waals surface area (Å²) < 4.78 is 0. The van der Waals surface area contributed by atoms with Crippen LogP contribution in [-0.4, -0.2) is 39.6 Å². The number of carbonyl (C=O) groups is 1. The molecule has 2 heterocycles. The van der Waals surface area contributed by atoms with Crippen LogP contribution in [0, 0.1) is 13.8 Å². The minimum Gasteiger partial charge on any atom is -0.336 e. The minimum atomic E-state index is 0.0770. The van der Waals surface area contributed by atoms with Crippen molar-refractivity contribution >= 4 is 5.91 Å². The van der Waals surface area contributed by atoms with E-state index in [9.17, 15) is 4.79 Å². The summed E-state index contributed by atoms with van der Waals surface area (Å²) in [4.78, 5) is 14.4. The van der Waals surface area contributed by atoms with Gasteiger partial charge in [-0.3, -0.25) is 9.89 Å². The number of aryl methyl sites for hydroxylation is 2. The number of amides is 1. The number of H-pyrrole nitrogens is 1. The SMILES string of the molecule is Cc1n[nH]c(C)c1C(=O)N1CCC(N)CC1C. The molecule has 1 saturated heterocycles. The lowest BCUT2D eigenvalue weighted by atomic mass is 9.98. The first-order valence-corrected chi connectivity index (χ1v) is 6.08. The molecule has 1 amide bonds. The average Bonchev–Trinajstić information content (AvgIpc) is 2.58. The molecule has 0 saturated carbocycles. The molecule has 0 radical (unpaired) electrons. The highest BCUT2D eigenvalue weighted by atomic mass is 16.2. The molecule has 17 heavy (non-hydrogen) atoms. The van der Waals surface area contributed by atoms with Crippen molar-refractivity contribution in [1.29, 1.82) is 0 Å². The number of aromatic amines is 1. The molecule has 0 spiro atoms. The van der Waals surface area contributed by atoms with E-state index in [2.05, 4.69) is 17.1 Å². The Kier molecular flexibility index (Phi) is 3.19. The van der Waals surface area contributed by atoms with Crippen LogP contribution in [0.15, 0.2) is 0 Å². The fraction of sp³-hybridized carbons (Fsp3) is 0.667. The molecular weight excluding hydrogens is 216 g/mol. The molecule has 2 rings (SSSR count). The van der Waals surface area contributed by atoms with Crippen molar-refractivity contribution in [3.05, 3.63) is 17.0 Å². The van der Waals surface area contributed by atoms with E-state index in [0.29, 0.717) is 5.56 Å². The minimum absolute atomic E-state index is 0.0770. The van der Waals surface area contributed by atoms with Crippen molar-refractivity contribution in [2.75, 3.05) is 6.54 Å². The maximum absolute atomic E-state index is 12.4. The molecule has 0 bridgehead atoms. The van der Waals surface area contributed by atoms with Gasteiger partial charge in [-0.15, -0.1) is 0 Å². The van der Waals surface area contributed by atoms with Crippen LogP contribution < -0.4 is 5.73 Å². The molecule has 2 atom stereocenters. The lowest BCUT2D eigenvalue weighted by Gasteiger charge is -2.36. The lowest BCUT2D eigenvalue weighted by Crippen LogP contribution is -2.48. The first kappa shape index (κ1) is 12.1. The van der Waals surface area contributed by atoms with Crippen molar-refractivity contribution < 1.29 is 4.79 Å². The van der Waals surface area contributed by atoms with Gasteiger partial charge in [-0.05, 0) is 33.6 Å². The zero-order valence-electron chi connectivity index (χ0n) is 10.7. The van der Waals surface area contributed by atoms with Crippen molar-refractivity contribution in [3.8, 4) is 0 Å². The van der Waals surface area contributed by atoms with Crippen molar-refractivity contribution in [3.63, 3.8) is 0 Å². The number of hydrogen-bond acceptors (Lipinski definition) is 3. The molecular formula is C12H20N4O. The third-order valence-corrected chi connectivity index (χ3v) is 3.52. The number of aromatic nitrogens is 2. The Balaban J connectivity index is 2.21. The average molecular weight is 236 g/mol. The molecule has 5 heteroatoms. The Morgan fingerprint density at radius 2 is 2.24 bits per heavy atom. The standard InChI is InChI=1S/C12H20N4O/c1-7-6-10(13)4-5-16(7)12(17)11-8(2)14-15-9(11)3/h7,10H,4-6,13H2,1-3H3,(H,14,15). The molecule has 1 aliphatic rings. The number of likely N-dealkylation sites (tertiary alicyclic amines) is 1. The Labute approximate surface area is 101 Å². The number of rotatable bonds is 1. The van der Waals surface area contributed by atoms with Gasteiger partial charge >= 0.3 is 0 Å². The number of nitrogens with zero attached hydrogens (tertiary/aromatic N) is 2. The maximum Gasteiger partial charge on any atom is 0.257 e. The Morgan fingerprint density at radius 1 is 1.53 bits per heavy atom. The normalized spacial score (nSPS) is 25.1. The molecule has 0 aromatic carbocycles. The molecule has 0 aliphatic carbocycles. The third kappa shape index (κ3) is 2.20. The molecule has 5 nitrogen and oxygen atoms in total. The predicted octanol–water partition coefficient (Wildman–Crippen LogP) is 0.978. The predicted molar refractivity (Wildman–Crippen MR) is 65.8 cm³/mol. The van der Waals surface area contributed by atoms with E-state index >= 15 is 0 Å². The highest BCUT2D eigenvalue weighted by Crippen LogP contribution is 2.21. The molecule has 1 aromatic rings. The fourth-order valence-electron chi connectivity index (χ4n) is 2.52. The van der Waals surface area contributed by atoms with E-state index in [0.717, 1.165) is 30.8 Å². The molecule has 2 unspecified atom stereocenters. The summed E-state index contributed by atoms with van der Waals surface area (Å²) in [5, 5.41) is 6.93. The highest BCUT2D eigenvalue weighted by Gasteiger charge is 2.29. The highest BCUT2D eigenvalue weighted by molar-refractivity contribution is 5.96. The maximum atomic E-state index is 12.4. The smallest absolute Gasteiger partial charge is 0.257 e. The van der Waals surface area contributed by atoms with Crippen LogP contribution in [-0.2, 0) is 0 Å². The van der Waals surface area contributed by atoms with Crippen LogP contribution in [0.4, 0.5) is 0 Å². The van der Waals surface area contributed by atoms with Gasteiger partial charge in [-0.1, -0.05) is 0 Å². The van der Waals surface area contributed by atoms with E-state index in [-0.39, 0.29) is 18.0 Å². The van der Waals surface area contributed by atoms with E-state index < -0.39 is 0 Å². The fourth-order valence-corrected chi connectivity index (χ4v) is 2.52. The summed E-state index contributed by atoms with van der Waals surface area (Å²) in [5.41, 5.74) is 8.24. The zero-order valence-corrected chi connectivity index (χ0v) is 10.7. The Bertz CT molecular complexity index is 407. The molecule has 1 aromatic heterocycles. The van der Waals surface area contributed by atoms with Gasteiger partial charge in [0.05, 0.1) is 11.3 Å². The van der Waals surface area contributed by atoms with E-state index in [4.69, 9.17) is 5.73 Å². The summed E-state index contributed by atoms with van der Waals surface area (Å²) in [5.74, 6) is 0.0770. The quantitative estimate of drug-likeness (QED) is 0.763. The second-order valence-corrected chi connectivity index (χ2v) is 4.94. The van der Waals surface area contributed by atoms with Crippen LogP contribution in [0.1, 0.15) is 41.5 Å². The summed E-state index contributed by atoms with van der Waals surface area (Å²) in [6.45, 7) is 6.54. The first-order valence-electron chi connectivity index (χ1n) is 6.08. The second-order valence-electron chi connectivity index (χ2n) is 4.94. The van der Waals surface area contributed by atoms with Crippen LogP contribution in [0.5, 0.6) is 0 Å². The van der Waals surface area contributed by atoms with E-state index in [1.165, 1.54) is 0 Å². The number of piperidine rings is 1. The molecule has 94 valence electrons. The first-order chi connectivity index (χ1) is 8.00. The van der Waals surface area contributed by atoms with Crippen LogP contribution in [0.3, 0.4) is 0 Å². The summed E-state index contributed by atoms with van der Waals surface area (Å²) in [6, 6.07) is 0.431. The summed E-state index contributed by atoms with van der Waals surface area (Å²) in [7, 11) is 0. The van der Waals surface area contributed by atoms with Gasteiger partial charge in [0.15, 0.2) is 0 Å². The molecule has 3 N–H and O–H groups in total. The van der Waals surface area contributed by atoms with Gasteiger partial charge in [0.25, 0.3) is 5.91 Å². The van der Waals surface area contributed by atoms with Gasteiger partial charge in [0.1, 0.15) is 0 Å². The summed E-state index contributed by atoms with van der Waals surface area (Å²) >= 11 is 0. The summed E-state index contributed by atoms with van der Waals surface area (Å²) in [6.07, 6.45) is 1.76. The number of nitrogens with two attached hydrogens (primary N) is 1. The van der Waals surface area contributed by atoms with Gasteiger partial charge in [0.2, 0.25) is 0 Å². The molecule has 1 fully saturated rings. The third-order valence-electron chi connectivity index (χ3n) is 3.52. The van der Waals surface area contributed by atoms with Crippen LogP contribution >= 0.6 is 0 Å². The van der Waals surface area contributed by atoms with Gasteiger partial charge < -0.3 is 10.6 Å². The zero-order chi connectivity index (χ0) is 12.6. The largest absolute Gasteiger partial charge is 0.336 e. The van der Waals surface area contributed by atoms with E-state index in [1.807, 2.05) is 18.7 Å². The monoisotopic (exact) mass is 236 g/mol. The number of carbonyl (C=O) groups excluding carboxylic acids is 1. The topological polar surface area (TPSA) is 75.0 Å². The van der Waals surface area contributed by atoms with Gasteiger partial charge in [0, 0.05) is 24.3 Å². The van der Waals surface area contributed by atoms with Crippen LogP contribution in [0.2, 0.25) is 0 Å². The van der Waals surface area contributed by atoms with E-state index in [1.54, 1.807) is 0 Å². The number of hydrogen-bond donors (Lipinski definition) is 2. The number of nitrogens with one attached hydrogen (secondary N) is 1. The second kappa shape index (κ2) is 4.49. The van der Waals surface area contributed by atoms with Gasteiger partial charge in [-0.25, -0.2) is 0 Å². The van der Waals surface area contributed by atoms with Crippen molar-refractivity contribution in [1.82, 2.24) is 15.1 Å². The van der Waals surface area contributed by atoms with Crippen molar-refractivity contribution in [2.24, 2.45) is 5.73 Å². The van der Waals surface area contributed by atoms with Gasteiger partial charge in [-0.2, -0.15) is 5.10 Å². The van der Waals surface area contributed by atoms with Crippen molar-refractivity contribution in [2.45, 2.75) is 45.7 Å². The Morgan fingerprint density at radius 3 is 2.76 bits per heavy atom. The molecule has 1 aliphatic heterocycles. The Hall–Kier alpha value is -1.36. The van der Waals surface area contributed by atoms with Crippen LogP contribution in [0.25, 0.3) is 0 Å².